The Morgan fingerprint density at radius 1 is 0.941 bits per heavy atom. The van der Waals surface area contributed by atoms with Gasteiger partial charge in [-0.15, -0.1) is 4.40 Å². The Kier molecular flexibility index (Phi) is 6.74. The van der Waals surface area contributed by atoms with Gasteiger partial charge in [-0.1, -0.05) is 42.5 Å². The summed E-state index contributed by atoms with van der Waals surface area (Å²) in [6.45, 7) is 0.563. The number of amidine groups is 1. The molecule has 1 amide bonds. The molecule has 3 aromatic rings. The van der Waals surface area contributed by atoms with E-state index in [2.05, 4.69) is 9.71 Å². The highest BCUT2D eigenvalue weighted by molar-refractivity contribution is 7.90. The summed E-state index contributed by atoms with van der Waals surface area (Å²) in [4.78, 5) is 26.6. The maximum atomic E-state index is 13.2. The van der Waals surface area contributed by atoms with Gasteiger partial charge in [0.05, 0.1) is 13.5 Å². The van der Waals surface area contributed by atoms with Crippen molar-refractivity contribution in [2.75, 3.05) is 19.0 Å². The highest BCUT2D eigenvalue weighted by Crippen LogP contribution is 2.26. The number of nitrogens with zero attached hydrogens (tertiary/aromatic N) is 2. The molecule has 0 saturated heterocycles. The number of fused-ring (bicyclic) bond motifs is 1. The van der Waals surface area contributed by atoms with Gasteiger partial charge in [0, 0.05) is 29.9 Å². The van der Waals surface area contributed by atoms with Crippen molar-refractivity contribution in [2.45, 2.75) is 17.9 Å². The third-order valence-electron chi connectivity index (χ3n) is 5.34. The molecule has 1 aliphatic rings. The van der Waals surface area contributed by atoms with Crippen molar-refractivity contribution < 1.29 is 22.7 Å². The van der Waals surface area contributed by atoms with Crippen molar-refractivity contribution in [3.63, 3.8) is 0 Å². The van der Waals surface area contributed by atoms with Gasteiger partial charge in [-0.05, 0) is 42.0 Å². The van der Waals surface area contributed by atoms with E-state index in [4.69, 9.17) is 4.74 Å². The van der Waals surface area contributed by atoms with Gasteiger partial charge >= 0.3 is 5.97 Å². The van der Waals surface area contributed by atoms with Crippen molar-refractivity contribution >= 4 is 33.4 Å². The lowest BCUT2D eigenvalue weighted by Gasteiger charge is -2.23. The van der Waals surface area contributed by atoms with Crippen molar-refractivity contribution in [3.8, 4) is 0 Å². The number of carbonyl (C=O) groups is 2. The average Bonchev–Trinajstić information content (AvgIpc) is 3.12. The monoisotopic (exact) mass is 477 g/mol. The van der Waals surface area contributed by atoms with Crippen LogP contribution in [0.3, 0.4) is 0 Å². The number of methoxy groups -OCH3 is 1. The van der Waals surface area contributed by atoms with Crippen LogP contribution in [0.25, 0.3) is 0 Å². The Morgan fingerprint density at radius 3 is 2.32 bits per heavy atom. The fraction of sp³-hybridized carbons (Fsp3) is 0.160. The Labute approximate surface area is 197 Å². The van der Waals surface area contributed by atoms with Crippen molar-refractivity contribution in [2.24, 2.45) is 4.40 Å². The minimum Gasteiger partial charge on any atom is -0.469 e. The summed E-state index contributed by atoms with van der Waals surface area (Å²) < 4.78 is 33.0. The molecule has 0 aliphatic carbocycles. The van der Waals surface area contributed by atoms with Crippen LogP contribution in [-0.4, -0.2) is 44.7 Å². The molecule has 0 radical (unpaired) electrons. The number of nitrogens with one attached hydrogen (secondary N) is 1. The van der Waals surface area contributed by atoms with E-state index in [1.54, 1.807) is 47.4 Å². The molecule has 9 heteroatoms. The summed E-state index contributed by atoms with van der Waals surface area (Å²) in [6.07, 6.45) is 0.0857. The molecule has 1 aliphatic heterocycles. The standard InChI is InChI=1S/C25H23N3O5S/c1-33-23(29)15-16-28(17-18-7-3-2-4-8-18)25(30)19-11-13-20(14-12-19)26-24-21-9-5-6-10-22(21)34(31,32)27-24/h2-14H,15-17H2,1H3,(H,26,27). The predicted octanol–water partition coefficient (Wildman–Crippen LogP) is 3.45. The van der Waals surface area contributed by atoms with E-state index in [0.29, 0.717) is 23.4 Å². The molecule has 0 aromatic heterocycles. The first-order valence-corrected chi connectivity index (χ1v) is 12.0. The van der Waals surface area contributed by atoms with Crippen molar-refractivity contribution in [3.05, 3.63) is 95.6 Å². The fourth-order valence-electron chi connectivity index (χ4n) is 3.60. The minimum atomic E-state index is -3.73. The van der Waals surface area contributed by atoms with E-state index in [-0.39, 0.29) is 29.6 Å². The number of anilines is 1. The Hall–Kier alpha value is -3.98. The molecule has 0 fully saturated rings. The maximum Gasteiger partial charge on any atom is 0.307 e. The lowest BCUT2D eigenvalue weighted by Crippen LogP contribution is -2.32. The topological polar surface area (TPSA) is 105 Å². The van der Waals surface area contributed by atoms with Crippen LogP contribution in [-0.2, 0) is 26.1 Å². The molecule has 4 rings (SSSR count). The van der Waals surface area contributed by atoms with E-state index in [0.717, 1.165) is 5.56 Å². The summed E-state index contributed by atoms with van der Waals surface area (Å²) >= 11 is 0. The number of amides is 1. The van der Waals surface area contributed by atoms with Crippen LogP contribution >= 0.6 is 0 Å². The average molecular weight is 478 g/mol. The fourth-order valence-corrected chi connectivity index (χ4v) is 4.77. The van der Waals surface area contributed by atoms with Gasteiger partial charge in [0.15, 0.2) is 5.84 Å². The molecular weight excluding hydrogens is 454 g/mol. The van der Waals surface area contributed by atoms with Gasteiger partial charge in [-0.3, -0.25) is 9.59 Å². The first kappa shape index (κ1) is 23.2. The van der Waals surface area contributed by atoms with Crippen LogP contribution in [0.2, 0.25) is 0 Å². The largest absolute Gasteiger partial charge is 0.469 e. The van der Waals surface area contributed by atoms with Crippen LogP contribution in [0.5, 0.6) is 0 Å². The zero-order valence-electron chi connectivity index (χ0n) is 18.5. The van der Waals surface area contributed by atoms with E-state index in [9.17, 15) is 18.0 Å². The van der Waals surface area contributed by atoms with Gasteiger partial charge in [0.25, 0.3) is 15.9 Å². The third-order valence-corrected chi connectivity index (χ3v) is 6.68. The highest BCUT2D eigenvalue weighted by atomic mass is 32.2. The molecule has 34 heavy (non-hydrogen) atoms. The number of ether oxygens (including phenoxy) is 1. The third kappa shape index (κ3) is 5.15. The lowest BCUT2D eigenvalue weighted by atomic mass is 10.1. The SMILES string of the molecule is COC(=O)CCN(Cc1ccccc1)C(=O)c1ccc(NC2=NS(=O)(=O)c3ccccc32)cc1. The maximum absolute atomic E-state index is 13.2. The van der Waals surface area contributed by atoms with Crippen molar-refractivity contribution in [1.29, 1.82) is 0 Å². The molecule has 0 saturated carbocycles. The Morgan fingerprint density at radius 2 is 1.62 bits per heavy atom. The number of esters is 1. The first-order chi connectivity index (χ1) is 16.4. The normalized spacial score (nSPS) is 13.5. The molecule has 174 valence electrons. The predicted molar refractivity (Wildman–Crippen MR) is 128 cm³/mol. The van der Waals surface area contributed by atoms with Crippen LogP contribution < -0.4 is 5.32 Å². The second-order valence-corrected chi connectivity index (χ2v) is 9.22. The summed E-state index contributed by atoms with van der Waals surface area (Å²) in [5, 5.41) is 3.02. The zero-order valence-corrected chi connectivity index (χ0v) is 19.3. The van der Waals surface area contributed by atoms with Gasteiger partial charge in [-0.2, -0.15) is 8.42 Å². The number of rotatable bonds is 7. The van der Waals surface area contributed by atoms with E-state index >= 15 is 0 Å². The van der Waals surface area contributed by atoms with E-state index in [1.807, 2.05) is 30.3 Å². The molecule has 0 atom stereocenters. The summed E-state index contributed by atoms with van der Waals surface area (Å²) in [5.41, 5.74) is 2.47. The quantitative estimate of drug-likeness (QED) is 0.523. The Balaban J connectivity index is 1.51. The second kappa shape index (κ2) is 9.88. The van der Waals surface area contributed by atoms with Crippen LogP contribution in [0.4, 0.5) is 5.69 Å². The molecule has 3 aromatic carbocycles. The number of hydrogen-bond acceptors (Lipinski definition) is 6. The molecule has 0 unspecified atom stereocenters. The molecule has 0 bridgehead atoms. The van der Waals surface area contributed by atoms with Gasteiger partial charge in [0.2, 0.25) is 0 Å². The molecule has 1 N–H and O–H groups in total. The number of benzene rings is 3. The van der Waals surface area contributed by atoms with Gasteiger partial charge in [-0.25, -0.2) is 0 Å². The lowest BCUT2D eigenvalue weighted by molar-refractivity contribution is -0.140. The van der Waals surface area contributed by atoms with E-state index < -0.39 is 16.0 Å². The van der Waals surface area contributed by atoms with Gasteiger partial charge in [0.1, 0.15) is 4.90 Å². The van der Waals surface area contributed by atoms with Gasteiger partial charge < -0.3 is 15.0 Å². The second-order valence-electron chi connectivity index (χ2n) is 7.65. The molecule has 0 spiro atoms. The first-order valence-electron chi connectivity index (χ1n) is 10.6. The minimum absolute atomic E-state index is 0.0857. The number of sulfonamides is 1. The zero-order chi connectivity index (χ0) is 24.1. The smallest absolute Gasteiger partial charge is 0.307 e. The molecular formula is C25H23N3O5S. The van der Waals surface area contributed by atoms with Crippen LogP contribution in [0, 0.1) is 0 Å². The molecule has 8 nitrogen and oxygen atoms in total. The van der Waals surface area contributed by atoms with E-state index in [1.165, 1.54) is 13.2 Å². The van der Waals surface area contributed by atoms with Crippen molar-refractivity contribution in [1.82, 2.24) is 4.90 Å². The van der Waals surface area contributed by atoms with Crippen LogP contribution in [0.15, 0.2) is 88.2 Å². The Bertz CT molecular complexity index is 1340. The summed E-state index contributed by atoms with van der Waals surface area (Å²) in [6, 6.07) is 22.8. The molecule has 1 heterocycles. The summed E-state index contributed by atoms with van der Waals surface area (Å²) in [7, 11) is -2.41. The number of carbonyl (C=O) groups excluding carboxylic acids is 2. The highest BCUT2D eigenvalue weighted by Gasteiger charge is 2.28. The van der Waals surface area contributed by atoms with Crippen LogP contribution in [0.1, 0.15) is 27.9 Å². The summed E-state index contributed by atoms with van der Waals surface area (Å²) in [5.74, 6) is -0.387. The number of hydrogen-bond donors (Lipinski definition) is 1.